The molecule has 122 valence electrons. The Bertz CT molecular complexity index is 476. The molecule has 1 fully saturated rings. The topological polar surface area (TPSA) is 33.9 Å². The van der Waals surface area contributed by atoms with Gasteiger partial charge in [0.2, 0.25) is 0 Å². The highest BCUT2D eigenvalue weighted by atomic mass is 16.5. The van der Waals surface area contributed by atoms with Gasteiger partial charge in [-0.3, -0.25) is 0 Å². The molecule has 0 aromatic heterocycles. The third-order valence-corrected chi connectivity index (χ3v) is 5.38. The van der Waals surface area contributed by atoms with Crippen LogP contribution in [0.3, 0.4) is 0 Å². The molecule has 1 aliphatic carbocycles. The second-order valence-corrected chi connectivity index (χ2v) is 7.08. The zero-order chi connectivity index (χ0) is 15.4. The maximum atomic E-state index is 10.4. The number of rotatable bonds is 5. The predicted molar refractivity (Wildman–Crippen MR) is 88.1 cm³/mol. The molecular weight excluding hydrogens is 274 g/mol. The van der Waals surface area contributed by atoms with Crippen LogP contribution in [0.4, 0.5) is 0 Å². The van der Waals surface area contributed by atoms with Gasteiger partial charge in [-0.1, -0.05) is 24.3 Å². The normalized spacial score (nSPS) is 29.8. The number of quaternary nitrogens is 1. The van der Waals surface area contributed by atoms with Crippen molar-refractivity contribution in [2.45, 2.75) is 63.7 Å². The van der Waals surface area contributed by atoms with Gasteiger partial charge < -0.3 is 14.7 Å². The summed E-state index contributed by atoms with van der Waals surface area (Å²) in [6, 6.07) is 9.27. The molecule has 1 heterocycles. The molecule has 1 aromatic carbocycles. The highest BCUT2D eigenvalue weighted by Gasteiger charge is 2.26. The van der Waals surface area contributed by atoms with E-state index in [1.165, 1.54) is 43.4 Å². The molecule has 22 heavy (non-hydrogen) atoms. The number of fused-ring (bicyclic) bond motifs is 1. The maximum absolute atomic E-state index is 10.4. The van der Waals surface area contributed by atoms with Crippen molar-refractivity contribution in [3.05, 3.63) is 35.4 Å². The number of nitrogens with one attached hydrogen (secondary N) is 1. The number of aliphatic hydroxyl groups excluding tert-OH is 1. The van der Waals surface area contributed by atoms with Crippen molar-refractivity contribution in [3.63, 3.8) is 0 Å². The van der Waals surface area contributed by atoms with Crippen LogP contribution in [0.2, 0.25) is 0 Å². The van der Waals surface area contributed by atoms with E-state index in [4.69, 9.17) is 4.74 Å². The Hall–Kier alpha value is -0.900. The Morgan fingerprint density at radius 3 is 2.95 bits per heavy atom. The lowest BCUT2D eigenvalue weighted by molar-refractivity contribution is -0.931. The number of aliphatic hydroxyl groups is 1. The first-order valence-corrected chi connectivity index (χ1v) is 8.96. The standard InChI is InChI=1S/C19H29NO2/c1-15-7-4-5-12-20(15)13-17(21)14-22-19-11-6-9-16-8-2-3-10-18(16)19/h2-3,8,10,15,17,19,21H,4-7,9,11-14H2,1H3/p+1/t15-,17+,19-/m1/s1. The summed E-state index contributed by atoms with van der Waals surface area (Å²) in [5.74, 6) is 0. The molecule has 1 unspecified atom stereocenters. The molecule has 2 N–H and O–H groups in total. The van der Waals surface area contributed by atoms with Crippen LogP contribution in [0.15, 0.2) is 24.3 Å². The van der Waals surface area contributed by atoms with Gasteiger partial charge in [-0.15, -0.1) is 0 Å². The minimum Gasteiger partial charge on any atom is -0.385 e. The zero-order valence-corrected chi connectivity index (χ0v) is 13.8. The molecule has 0 spiro atoms. The van der Waals surface area contributed by atoms with Gasteiger partial charge in [0.05, 0.1) is 25.3 Å². The Kier molecular flexibility index (Phi) is 5.51. The fraction of sp³-hybridized carbons (Fsp3) is 0.684. The van der Waals surface area contributed by atoms with Gasteiger partial charge in [0.25, 0.3) is 0 Å². The van der Waals surface area contributed by atoms with Crippen molar-refractivity contribution in [2.75, 3.05) is 19.7 Å². The fourth-order valence-electron chi connectivity index (χ4n) is 4.03. The third-order valence-electron chi connectivity index (χ3n) is 5.38. The summed E-state index contributed by atoms with van der Waals surface area (Å²) < 4.78 is 6.08. The van der Waals surface area contributed by atoms with E-state index in [9.17, 15) is 5.11 Å². The summed E-state index contributed by atoms with van der Waals surface area (Å²) in [6.45, 7) is 4.80. The Balaban J connectivity index is 1.50. The van der Waals surface area contributed by atoms with Gasteiger partial charge in [0.15, 0.2) is 0 Å². The van der Waals surface area contributed by atoms with Gasteiger partial charge in [-0.2, -0.15) is 0 Å². The first-order chi connectivity index (χ1) is 10.7. The molecule has 1 aliphatic heterocycles. The van der Waals surface area contributed by atoms with Crippen LogP contribution < -0.4 is 4.90 Å². The second kappa shape index (κ2) is 7.58. The molecule has 3 nitrogen and oxygen atoms in total. The summed E-state index contributed by atoms with van der Waals surface area (Å²) in [4.78, 5) is 1.55. The minimum atomic E-state index is -0.343. The number of aryl methyl sites for hydroxylation is 1. The van der Waals surface area contributed by atoms with Crippen LogP contribution in [-0.4, -0.2) is 36.9 Å². The van der Waals surface area contributed by atoms with Crippen LogP contribution in [0.5, 0.6) is 0 Å². The molecule has 3 rings (SSSR count). The number of piperidine rings is 1. The van der Waals surface area contributed by atoms with Gasteiger partial charge in [-0.25, -0.2) is 0 Å². The van der Waals surface area contributed by atoms with E-state index in [2.05, 4.69) is 31.2 Å². The third kappa shape index (κ3) is 3.89. The van der Waals surface area contributed by atoms with Gasteiger partial charge in [0, 0.05) is 0 Å². The monoisotopic (exact) mass is 304 g/mol. The highest BCUT2D eigenvalue weighted by molar-refractivity contribution is 5.31. The Morgan fingerprint density at radius 2 is 2.09 bits per heavy atom. The lowest BCUT2D eigenvalue weighted by atomic mass is 9.89. The van der Waals surface area contributed by atoms with Crippen molar-refractivity contribution in [1.29, 1.82) is 0 Å². The van der Waals surface area contributed by atoms with E-state index >= 15 is 0 Å². The molecule has 3 heteroatoms. The van der Waals surface area contributed by atoms with Crippen LogP contribution >= 0.6 is 0 Å². The van der Waals surface area contributed by atoms with Crippen molar-refractivity contribution >= 4 is 0 Å². The van der Waals surface area contributed by atoms with Crippen molar-refractivity contribution in [2.24, 2.45) is 0 Å². The van der Waals surface area contributed by atoms with Crippen molar-refractivity contribution in [1.82, 2.24) is 0 Å². The van der Waals surface area contributed by atoms with Crippen molar-refractivity contribution < 1.29 is 14.7 Å². The van der Waals surface area contributed by atoms with E-state index in [-0.39, 0.29) is 12.2 Å². The molecule has 4 atom stereocenters. The predicted octanol–water partition coefficient (Wildman–Crippen LogP) is 1.90. The Labute approximate surface area is 134 Å². The molecule has 2 aliphatic rings. The van der Waals surface area contributed by atoms with Crippen molar-refractivity contribution in [3.8, 4) is 0 Å². The molecule has 0 saturated carbocycles. The Morgan fingerprint density at radius 1 is 1.23 bits per heavy atom. The van der Waals surface area contributed by atoms with Gasteiger partial charge in [0.1, 0.15) is 12.6 Å². The fourth-order valence-corrected chi connectivity index (χ4v) is 4.03. The van der Waals surface area contributed by atoms with E-state index in [0.717, 1.165) is 19.4 Å². The van der Waals surface area contributed by atoms with E-state index in [1.807, 2.05) is 0 Å². The molecule has 1 saturated heterocycles. The lowest BCUT2D eigenvalue weighted by Crippen LogP contribution is -3.17. The van der Waals surface area contributed by atoms with Crippen LogP contribution in [-0.2, 0) is 11.2 Å². The van der Waals surface area contributed by atoms with E-state index in [0.29, 0.717) is 12.6 Å². The summed E-state index contributed by atoms with van der Waals surface area (Å²) >= 11 is 0. The summed E-state index contributed by atoms with van der Waals surface area (Å²) in [7, 11) is 0. The number of hydrogen-bond acceptors (Lipinski definition) is 2. The quantitative estimate of drug-likeness (QED) is 0.871. The zero-order valence-electron chi connectivity index (χ0n) is 13.8. The smallest absolute Gasteiger partial charge is 0.126 e. The second-order valence-electron chi connectivity index (χ2n) is 7.08. The summed E-state index contributed by atoms with van der Waals surface area (Å²) in [5.41, 5.74) is 2.75. The first kappa shape index (κ1) is 16.0. The summed E-state index contributed by atoms with van der Waals surface area (Å²) in [5, 5.41) is 10.4. The molecule has 0 radical (unpaired) electrons. The first-order valence-electron chi connectivity index (χ1n) is 8.96. The molecular formula is C19H30NO2+. The highest BCUT2D eigenvalue weighted by Crippen LogP contribution is 2.32. The maximum Gasteiger partial charge on any atom is 0.126 e. The number of likely N-dealkylation sites (tertiary alicyclic amines) is 1. The van der Waals surface area contributed by atoms with E-state index < -0.39 is 0 Å². The lowest BCUT2D eigenvalue weighted by Gasteiger charge is -2.32. The molecule has 0 amide bonds. The van der Waals surface area contributed by atoms with Gasteiger partial charge >= 0.3 is 0 Å². The van der Waals surface area contributed by atoms with Crippen LogP contribution in [0, 0.1) is 0 Å². The number of hydrogen-bond donors (Lipinski definition) is 2. The largest absolute Gasteiger partial charge is 0.385 e. The molecule has 1 aromatic rings. The van der Waals surface area contributed by atoms with Gasteiger partial charge in [-0.05, 0) is 56.6 Å². The van der Waals surface area contributed by atoms with Crippen LogP contribution in [0.25, 0.3) is 0 Å². The SMILES string of the molecule is C[C@@H]1CCCC[NH+]1C[C@H](O)CO[C@@H]1CCCc2ccccc21. The summed E-state index contributed by atoms with van der Waals surface area (Å²) in [6.07, 6.45) is 7.19. The number of ether oxygens (including phenoxy) is 1. The number of benzene rings is 1. The molecule has 0 bridgehead atoms. The van der Waals surface area contributed by atoms with Crippen LogP contribution in [0.1, 0.15) is 56.3 Å². The minimum absolute atomic E-state index is 0.174. The average molecular weight is 304 g/mol. The average Bonchev–Trinajstić information content (AvgIpc) is 2.55. The van der Waals surface area contributed by atoms with E-state index in [1.54, 1.807) is 4.90 Å².